The number of rotatable bonds is 6. The largest absolute Gasteiger partial charge is 0.389 e. The highest BCUT2D eigenvalue weighted by Gasteiger charge is 2.17. The van der Waals surface area contributed by atoms with Crippen LogP contribution in [0.15, 0.2) is 36.5 Å². The molecule has 2 aromatic heterocycles. The second-order valence-corrected chi connectivity index (χ2v) is 6.37. The SMILES string of the molecule is Cc1cccc(Cn2nc(C)c(NC(=O)Cn3ccc([N+](=O)[O-])n3)c2C)c1. The van der Waals surface area contributed by atoms with Crippen LogP contribution in [0, 0.1) is 30.9 Å². The monoisotopic (exact) mass is 368 g/mol. The number of nitro groups is 1. The lowest BCUT2D eigenvalue weighted by Crippen LogP contribution is -2.20. The molecule has 0 fully saturated rings. The molecule has 9 heteroatoms. The Morgan fingerprint density at radius 1 is 1.22 bits per heavy atom. The van der Waals surface area contributed by atoms with Crippen molar-refractivity contribution in [3.05, 3.63) is 69.2 Å². The van der Waals surface area contributed by atoms with E-state index in [4.69, 9.17) is 0 Å². The molecule has 1 aromatic carbocycles. The van der Waals surface area contributed by atoms with Gasteiger partial charge in [-0.05, 0) is 31.3 Å². The van der Waals surface area contributed by atoms with E-state index < -0.39 is 4.92 Å². The van der Waals surface area contributed by atoms with Crippen molar-refractivity contribution in [1.29, 1.82) is 0 Å². The van der Waals surface area contributed by atoms with Crippen LogP contribution in [-0.2, 0) is 17.9 Å². The molecule has 0 unspecified atom stereocenters. The Kier molecular flexibility index (Phi) is 5.02. The zero-order chi connectivity index (χ0) is 19.6. The van der Waals surface area contributed by atoms with E-state index in [1.807, 2.05) is 43.7 Å². The lowest BCUT2D eigenvalue weighted by molar-refractivity contribution is -0.389. The molecule has 0 aliphatic carbocycles. The van der Waals surface area contributed by atoms with Gasteiger partial charge < -0.3 is 15.4 Å². The molecule has 0 spiro atoms. The topological polar surface area (TPSA) is 108 Å². The standard InChI is InChI=1S/C18H20N6O3/c1-12-5-4-6-15(9-12)10-23-14(3)18(13(2)20-23)19-17(25)11-22-8-7-16(21-22)24(26)27/h4-9H,10-11H2,1-3H3,(H,19,25). The van der Waals surface area contributed by atoms with Crippen LogP contribution < -0.4 is 5.32 Å². The van der Waals surface area contributed by atoms with Gasteiger partial charge in [0.05, 0.1) is 41.0 Å². The van der Waals surface area contributed by atoms with Crippen molar-refractivity contribution in [2.24, 2.45) is 0 Å². The van der Waals surface area contributed by atoms with E-state index in [9.17, 15) is 14.9 Å². The molecule has 2 heterocycles. The van der Waals surface area contributed by atoms with E-state index in [-0.39, 0.29) is 18.3 Å². The van der Waals surface area contributed by atoms with Gasteiger partial charge in [-0.3, -0.25) is 9.48 Å². The molecule has 0 aliphatic heterocycles. The Morgan fingerprint density at radius 2 is 2.00 bits per heavy atom. The average Bonchev–Trinajstić information content (AvgIpc) is 3.16. The Balaban J connectivity index is 1.72. The van der Waals surface area contributed by atoms with E-state index in [2.05, 4.69) is 21.6 Å². The third-order valence-corrected chi connectivity index (χ3v) is 4.18. The predicted octanol–water partition coefficient (Wildman–Crippen LogP) is 2.60. The highest BCUT2D eigenvalue weighted by molar-refractivity contribution is 5.91. The summed E-state index contributed by atoms with van der Waals surface area (Å²) in [5, 5.41) is 21.8. The third kappa shape index (κ3) is 4.20. The molecule has 3 rings (SSSR count). The lowest BCUT2D eigenvalue weighted by Gasteiger charge is -2.07. The summed E-state index contributed by atoms with van der Waals surface area (Å²) >= 11 is 0. The second-order valence-electron chi connectivity index (χ2n) is 6.37. The summed E-state index contributed by atoms with van der Waals surface area (Å²) < 4.78 is 3.08. The quantitative estimate of drug-likeness (QED) is 0.531. The molecule has 140 valence electrons. The molecule has 0 radical (unpaired) electrons. The van der Waals surface area contributed by atoms with Gasteiger partial charge in [0, 0.05) is 0 Å². The molecule has 0 bridgehead atoms. The number of amides is 1. The maximum atomic E-state index is 12.3. The van der Waals surface area contributed by atoms with E-state index in [0.29, 0.717) is 17.9 Å². The number of nitrogens with one attached hydrogen (secondary N) is 1. The van der Waals surface area contributed by atoms with E-state index in [0.717, 1.165) is 11.3 Å². The summed E-state index contributed by atoms with van der Waals surface area (Å²) in [6, 6.07) is 9.42. The molecule has 1 N–H and O–H groups in total. The Morgan fingerprint density at radius 3 is 2.67 bits per heavy atom. The van der Waals surface area contributed by atoms with Gasteiger partial charge in [-0.15, -0.1) is 0 Å². The van der Waals surface area contributed by atoms with E-state index >= 15 is 0 Å². The fourth-order valence-electron chi connectivity index (χ4n) is 2.88. The molecular formula is C18H20N6O3. The number of hydrogen-bond acceptors (Lipinski definition) is 5. The number of nitrogens with zero attached hydrogens (tertiary/aromatic N) is 5. The van der Waals surface area contributed by atoms with Gasteiger partial charge in [-0.25, -0.2) is 0 Å². The Labute approximate surface area is 155 Å². The summed E-state index contributed by atoms with van der Waals surface area (Å²) in [5.74, 6) is -0.615. The van der Waals surface area contributed by atoms with Crippen molar-refractivity contribution in [3.8, 4) is 0 Å². The van der Waals surface area contributed by atoms with Crippen molar-refractivity contribution < 1.29 is 9.72 Å². The summed E-state index contributed by atoms with van der Waals surface area (Å²) in [6.45, 7) is 6.25. The number of anilines is 1. The smallest absolute Gasteiger partial charge is 0.358 e. The van der Waals surface area contributed by atoms with E-state index in [1.165, 1.54) is 22.5 Å². The van der Waals surface area contributed by atoms with Gasteiger partial charge in [0.1, 0.15) is 6.54 Å². The van der Waals surface area contributed by atoms with Crippen molar-refractivity contribution >= 4 is 17.4 Å². The minimum Gasteiger partial charge on any atom is -0.358 e. The number of aryl methyl sites for hydroxylation is 2. The van der Waals surface area contributed by atoms with Crippen LogP contribution in [0.4, 0.5) is 11.5 Å². The number of carbonyl (C=O) groups excluding carboxylic acids is 1. The van der Waals surface area contributed by atoms with Crippen LogP contribution in [0.5, 0.6) is 0 Å². The number of benzene rings is 1. The minimum atomic E-state index is -0.599. The molecule has 0 saturated carbocycles. The van der Waals surface area contributed by atoms with Crippen LogP contribution in [0.1, 0.15) is 22.5 Å². The normalized spacial score (nSPS) is 10.8. The highest BCUT2D eigenvalue weighted by atomic mass is 16.6. The van der Waals surface area contributed by atoms with Crippen molar-refractivity contribution in [3.63, 3.8) is 0 Å². The average molecular weight is 368 g/mol. The Hall–Kier alpha value is -3.49. The first-order valence-electron chi connectivity index (χ1n) is 8.40. The van der Waals surface area contributed by atoms with Gasteiger partial charge in [-0.2, -0.15) is 9.78 Å². The van der Waals surface area contributed by atoms with Crippen LogP contribution >= 0.6 is 0 Å². The number of hydrogen-bond donors (Lipinski definition) is 1. The van der Waals surface area contributed by atoms with Crippen molar-refractivity contribution in [2.45, 2.75) is 33.9 Å². The fraction of sp³-hybridized carbons (Fsp3) is 0.278. The summed E-state index contributed by atoms with van der Waals surface area (Å²) in [7, 11) is 0. The van der Waals surface area contributed by atoms with Crippen LogP contribution in [0.25, 0.3) is 0 Å². The zero-order valence-electron chi connectivity index (χ0n) is 15.3. The molecule has 0 saturated heterocycles. The maximum absolute atomic E-state index is 12.3. The molecule has 0 aliphatic rings. The van der Waals surface area contributed by atoms with Crippen LogP contribution in [0.2, 0.25) is 0 Å². The first-order valence-corrected chi connectivity index (χ1v) is 8.40. The summed E-state index contributed by atoms with van der Waals surface area (Å²) in [4.78, 5) is 22.4. The van der Waals surface area contributed by atoms with Crippen molar-refractivity contribution in [1.82, 2.24) is 19.6 Å². The molecule has 0 atom stereocenters. The summed E-state index contributed by atoms with van der Waals surface area (Å²) in [5.41, 5.74) is 4.50. The third-order valence-electron chi connectivity index (χ3n) is 4.18. The predicted molar refractivity (Wildman–Crippen MR) is 99.5 cm³/mol. The first kappa shape index (κ1) is 18.3. The Bertz CT molecular complexity index is 1000. The van der Waals surface area contributed by atoms with Crippen molar-refractivity contribution in [2.75, 3.05) is 5.32 Å². The summed E-state index contributed by atoms with van der Waals surface area (Å²) in [6.07, 6.45) is 1.40. The first-order chi connectivity index (χ1) is 12.8. The minimum absolute atomic E-state index is 0.115. The highest BCUT2D eigenvalue weighted by Crippen LogP contribution is 2.21. The second kappa shape index (κ2) is 7.40. The van der Waals surface area contributed by atoms with Crippen LogP contribution in [-0.4, -0.2) is 30.4 Å². The number of aromatic nitrogens is 4. The van der Waals surface area contributed by atoms with Gasteiger partial charge in [0.15, 0.2) is 0 Å². The maximum Gasteiger partial charge on any atom is 0.389 e. The lowest BCUT2D eigenvalue weighted by atomic mass is 10.1. The van der Waals surface area contributed by atoms with Gasteiger partial charge in [-0.1, -0.05) is 29.8 Å². The zero-order valence-corrected chi connectivity index (χ0v) is 15.3. The molecule has 1 amide bonds. The van der Waals surface area contributed by atoms with Gasteiger partial charge in [0.2, 0.25) is 5.91 Å². The molecule has 3 aromatic rings. The molecule has 9 nitrogen and oxygen atoms in total. The van der Waals surface area contributed by atoms with E-state index in [1.54, 1.807) is 0 Å². The van der Waals surface area contributed by atoms with Crippen LogP contribution in [0.3, 0.4) is 0 Å². The fourth-order valence-corrected chi connectivity index (χ4v) is 2.88. The van der Waals surface area contributed by atoms with Gasteiger partial charge in [0.25, 0.3) is 0 Å². The number of carbonyl (C=O) groups is 1. The molecule has 27 heavy (non-hydrogen) atoms. The molecular weight excluding hydrogens is 348 g/mol. The van der Waals surface area contributed by atoms with Gasteiger partial charge >= 0.3 is 5.82 Å².